The molecule has 0 amide bonds. The molecule has 0 saturated carbocycles. The molecule has 1 aliphatic rings. The lowest BCUT2D eigenvalue weighted by Gasteiger charge is -2.06. The molecule has 1 aliphatic heterocycles. The highest BCUT2D eigenvalue weighted by molar-refractivity contribution is 5.74. The second kappa shape index (κ2) is 4.42. The first-order valence-corrected chi connectivity index (χ1v) is 4.62. The Labute approximate surface area is 83.7 Å². The van der Waals surface area contributed by atoms with Crippen molar-refractivity contribution in [2.75, 3.05) is 6.67 Å². The largest absolute Gasteiger partial charge is 0.366 e. The highest BCUT2D eigenvalue weighted by Crippen LogP contribution is 2.04. The summed E-state index contributed by atoms with van der Waals surface area (Å²) in [5.41, 5.74) is 2.31. The highest BCUT2D eigenvalue weighted by Gasteiger charge is 1.92. The van der Waals surface area contributed by atoms with Crippen LogP contribution in [0, 0.1) is 0 Å². The van der Waals surface area contributed by atoms with Crippen molar-refractivity contribution in [1.82, 2.24) is 5.32 Å². The van der Waals surface area contributed by atoms with Crippen LogP contribution in [0.3, 0.4) is 0 Å². The fraction of sp³-hybridized carbons (Fsp3) is 0.0833. The third kappa shape index (κ3) is 2.33. The second-order valence-corrected chi connectivity index (χ2v) is 3.03. The van der Waals surface area contributed by atoms with Crippen LogP contribution in [0.4, 0.5) is 0 Å². The summed E-state index contributed by atoms with van der Waals surface area (Å²) < 4.78 is 0. The third-order valence-electron chi connectivity index (χ3n) is 1.99. The van der Waals surface area contributed by atoms with Gasteiger partial charge in [0.15, 0.2) is 0 Å². The molecular formula is C12H12N2. The van der Waals surface area contributed by atoms with Crippen molar-refractivity contribution in [3.05, 3.63) is 53.7 Å². The Morgan fingerprint density at radius 3 is 2.71 bits per heavy atom. The average Bonchev–Trinajstić information content (AvgIpc) is 2.29. The summed E-state index contributed by atoms with van der Waals surface area (Å²) in [5.74, 6) is 0. The van der Waals surface area contributed by atoms with Crippen molar-refractivity contribution < 1.29 is 0 Å². The van der Waals surface area contributed by atoms with Gasteiger partial charge in [-0.25, -0.2) is 0 Å². The molecule has 0 unspecified atom stereocenters. The summed E-state index contributed by atoms with van der Waals surface area (Å²) in [6.45, 7) is 0.672. The predicted octanol–water partition coefficient (Wildman–Crippen LogP) is 2.22. The molecule has 1 heterocycles. The first-order valence-electron chi connectivity index (χ1n) is 4.62. The molecule has 0 spiro atoms. The van der Waals surface area contributed by atoms with E-state index in [1.54, 1.807) is 0 Å². The first-order chi connectivity index (χ1) is 6.95. The monoisotopic (exact) mass is 184 g/mol. The van der Waals surface area contributed by atoms with Gasteiger partial charge in [0.05, 0.1) is 0 Å². The molecule has 0 saturated heterocycles. The van der Waals surface area contributed by atoms with Crippen molar-refractivity contribution in [3.8, 4) is 0 Å². The van der Waals surface area contributed by atoms with E-state index in [2.05, 4.69) is 34.6 Å². The van der Waals surface area contributed by atoms with Crippen LogP contribution >= 0.6 is 0 Å². The maximum absolute atomic E-state index is 4.04. The Morgan fingerprint density at radius 2 is 2.00 bits per heavy atom. The molecule has 14 heavy (non-hydrogen) atoms. The zero-order valence-electron chi connectivity index (χ0n) is 7.85. The maximum atomic E-state index is 4.04. The Bertz CT molecular complexity index is 375. The van der Waals surface area contributed by atoms with E-state index in [4.69, 9.17) is 0 Å². The smallest absolute Gasteiger partial charge is 0.107 e. The second-order valence-electron chi connectivity index (χ2n) is 3.03. The number of hydrogen-bond donors (Lipinski definition) is 1. The van der Waals surface area contributed by atoms with E-state index in [1.807, 2.05) is 30.5 Å². The summed E-state index contributed by atoms with van der Waals surface area (Å²) in [6, 6.07) is 10.2. The van der Waals surface area contributed by atoms with Crippen LogP contribution in [0.5, 0.6) is 0 Å². The molecule has 0 fully saturated rings. The van der Waals surface area contributed by atoms with Crippen LogP contribution in [0.15, 0.2) is 53.2 Å². The quantitative estimate of drug-likeness (QED) is 0.748. The van der Waals surface area contributed by atoms with Crippen molar-refractivity contribution in [1.29, 1.82) is 0 Å². The lowest BCUT2D eigenvalue weighted by molar-refractivity contribution is 0.844. The van der Waals surface area contributed by atoms with Crippen molar-refractivity contribution in [2.24, 2.45) is 4.99 Å². The Hall–Kier alpha value is -1.83. The molecule has 0 atom stereocenters. The van der Waals surface area contributed by atoms with Crippen molar-refractivity contribution >= 4 is 12.3 Å². The van der Waals surface area contributed by atoms with Crippen molar-refractivity contribution in [2.45, 2.75) is 0 Å². The number of aliphatic imine (C=N–C) groups is 1. The fourth-order valence-electron chi connectivity index (χ4n) is 1.25. The summed E-state index contributed by atoms with van der Waals surface area (Å²) in [7, 11) is 0. The fourth-order valence-corrected chi connectivity index (χ4v) is 1.25. The van der Waals surface area contributed by atoms with E-state index in [9.17, 15) is 0 Å². The van der Waals surface area contributed by atoms with Gasteiger partial charge in [-0.1, -0.05) is 36.4 Å². The zero-order valence-corrected chi connectivity index (χ0v) is 7.85. The van der Waals surface area contributed by atoms with Gasteiger partial charge in [0.2, 0.25) is 0 Å². The number of benzene rings is 1. The molecule has 1 N–H and O–H groups in total. The van der Waals surface area contributed by atoms with Gasteiger partial charge >= 0.3 is 0 Å². The zero-order chi connectivity index (χ0) is 9.64. The third-order valence-corrected chi connectivity index (χ3v) is 1.99. The highest BCUT2D eigenvalue weighted by atomic mass is 15.0. The molecule has 0 bridgehead atoms. The van der Waals surface area contributed by atoms with Crippen LogP contribution < -0.4 is 5.32 Å². The molecule has 2 nitrogen and oxygen atoms in total. The molecule has 0 aliphatic carbocycles. The summed E-state index contributed by atoms with van der Waals surface area (Å²) in [6.07, 6.45) is 7.92. The Morgan fingerprint density at radius 1 is 1.14 bits per heavy atom. The van der Waals surface area contributed by atoms with Gasteiger partial charge < -0.3 is 5.32 Å². The van der Waals surface area contributed by atoms with E-state index in [-0.39, 0.29) is 0 Å². The average molecular weight is 184 g/mol. The van der Waals surface area contributed by atoms with E-state index >= 15 is 0 Å². The number of nitrogens with one attached hydrogen (secondary N) is 1. The van der Waals surface area contributed by atoms with Crippen molar-refractivity contribution in [3.63, 3.8) is 0 Å². The molecule has 70 valence electrons. The molecule has 0 aromatic heterocycles. The molecule has 1 aromatic carbocycles. The van der Waals surface area contributed by atoms with E-state index < -0.39 is 0 Å². The molecule has 1 aromatic rings. The van der Waals surface area contributed by atoms with E-state index in [1.165, 1.54) is 5.56 Å². The summed E-state index contributed by atoms with van der Waals surface area (Å²) in [4.78, 5) is 4.04. The lowest BCUT2D eigenvalue weighted by atomic mass is 10.2. The summed E-state index contributed by atoms with van der Waals surface area (Å²) >= 11 is 0. The number of rotatable bonds is 2. The Kier molecular flexibility index (Phi) is 2.76. The van der Waals surface area contributed by atoms with E-state index in [0.717, 1.165) is 5.70 Å². The molecule has 2 rings (SSSR count). The van der Waals surface area contributed by atoms with Gasteiger partial charge in [0.25, 0.3) is 0 Å². The van der Waals surface area contributed by atoms with Crippen LogP contribution in [0.2, 0.25) is 0 Å². The number of hydrogen-bond acceptors (Lipinski definition) is 2. The van der Waals surface area contributed by atoms with E-state index in [0.29, 0.717) is 6.67 Å². The van der Waals surface area contributed by atoms with Crippen LogP contribution in [-0.2, 0) is 0 Å². The number of allylic oxidation sites excluding steroid dienone is 2. The summed E-state index contributed by atoms with van der Waals surface area (Å²) in [5, 5.41) is 3.17. The maximum Gasteiger partial charge on any atom is 0.107 e. The minimum absolute atomic E-state index is 0.672. The van der Waals surface area contributed by atoms with Crippen LogP contribution in [-0.4, -0.2) is 12.9 Å². The van der Waals surface area contributed by atoms with Gasteiger partial charge in [-0.15, -0.1) is 0 Å². The molecule has 0 radical (unpaired) electrons. The SMILES string of the molecule is C(=Cc1ccccc1)C1=CC=NCN1. The lowest BCUT2D eigenvalue weighted by Crippen LogP contribution is -2.14. The van der Waals surface area contributed by atoms with Crippen LogP contribution in [0.25, 0.3) is 6.08 Å². The van der Waals surface area contributed by atoms with Crippen LogP contribution in [0.1, 0.15) is 5.56 Å². The number of nitrogens with zero attached hydrogens (tertiary/aromatic N) is 1. The first kappa shape index (κ1) is 8.75. The van der Waals surface area contributed by atoms with Gasteiger partial charge in [-0.05, 0) is 17.7 Å². The van der Waals surface area contributed by atoms with Gasteiger partial charge in [-0.3, -0.25) is 4.99 Å². The standard InChI is InChI=1S/C12H12N2/c1-2-4-11(5-3-1)6-7-12-8-9-13-10-14-12/h1-9,14H,10H2. The van der Waals surface area contributed by atoms with Gasteiger partial charge in [-0.2, -0.15) is 0 Å². The molecule has 2 heteroatoms. The van der Waals surface area contributed by atoms with Gasteiger partial charge in [0.1, 0.15) is 6.67 Å². The predicted molar refractivity (Wildman–Crippen MR) is 60.1 cm³/mol. The minimum atomic E-state index is 0.672. The normalized spacial score (nSPS) is 15.3. The molecular weight excluding hydrogens is 172 g/mol. The topological polar surface area (TPSA) is 24.4 Å². The van der Waals surface area contributed by atoms with Gasteiger partial charge in [0, 0.05) is 11.9 Å². The Balaban J connectivity index is 2.07. The minimum Gasteiger partial charge on any atom is -0.366 e.